The molecule has 0 aliphatic carbocycles. The summed E-state index contributed by atoms with van der Waals surface area (Å²) in [7, 11) is 0. The Morgan fingerprint density at radius 3 is 2.23 bits per heavy atom. The first-order chi connectivity index (χ1) is 10.8. The number of carbonyl (C=O) groups is 1. The number of benzene rings is 2. The van der Waals surface area contributed by atoms with Crippen LogP contribution in [0.5, 0.6) is 11.5 Å². The third-order valence-corrected chi connectivity index (χ3v) is 2.91. The van der Waals surface area contributed by atoms with Gasteiger partial charge in [0.25, 0.3) is 0 Å². The van der Waals surface area contributed by atoms with Gasteiger partial charge in [0.2, 0.25) is 0 Å². The molecule has 0 atom stereocenters. The fourth-order valence-electron chi connectivity index (χ4n) is 1.86. The van der Waals surface area contributed by atoms with Crippen LogP contribution in [0.3, 0.4) is 0 Å². The van der Waals surface area contributed by atoms with E-state index in [9.17, 15) is 4.79 Å². The van der Waals surface area contributed by atoms with Crippen LogP contribution in [0.1, 0.15) is 12.5 Å². The van der Waals surface area contributed by atoms with E-state index in [1.54, 1.807) is 6.07 Å². The second-order valence-corrected chi connectivity index (χ2v) is 4.51. The third-order valence-electron chi connectivity index (χ3n) is 2.91. The van der Waals surface area contributed by atoms with Crippen molar-refractivity contribution in [2.75, 3.05) is 13.3 Å². The maximum atomic E-state index is 11.7. The zero-order valence-corrected chi connectivity index (χ0v) is 12.5. The fourth-order valence-corrected chi connectivity index (χ4v) is 1.86. The minimum Gasteiger partial charge on any atom is -0.490 e. The number of rotatable bonds is 7. The standard InChI is InChI=1S/C17H20N2O3/c1-2-21-15-10-6-7-11-16(15)22-13-19-17(20)18-12-14-8-4-3-5-9-14/h3-11H,2,12-13H2,1H3,(H2,18,19,20). The molecular weight excluding hydrogens is 280 g/mol. The molecule has 0 unspecified atom stereocenters. The Morgan fingerprint density at radius 1 is 0.909 bits per heavy atom. The van der Waals surface area contributed by atoms with Gasteiger partial charge in [0.15, 0.2) is 18.2 Å². The monoisotopic (exact) mass is 300 g/mol. The van der Waals surface area contributed by atoms with Crippen LogP contribution in [0, 0.1) is 0 Å². The van der Waals surface area contributed by atoms with Gasteiger partial charge in [-0.1, -0.05) is 42.5 Å². The van der Waals surface area contributed by atoms with Crippen molar-refractivity contribution in [3.05, 3.63) is 60.2 Å². The van der Waals surface area contributed by atoms with Crippen LogP contribution in [0.25, 0.3) is 0 Å². The van der Waals surface area contributed by atoms with Crippen LogP contribution in [0.15, 0.2) is 54.6 Å². The lowest BCUT2D eigenvalue weighted by Crippen LogP contribution is -2.37. The number of para-hydroxylation sites is 2. The predicted molar refractivity (Wildman–Crippen MR) is 84.9 cm³/mol. The largest absolute Gasteiger partial charge is 0.490 e. The van der Waals surface area contributed by atoms with Crippen molar-refractivity contribution in [3.8, 4) is 11.5 Å². The lowest BCUT2D eigenvalue weighted by Gasteiger charge is -2.12. The molecule has 2 aromatic carbocycles. The maximum absolute atomic E-state index is 11.7. The van der Waals surface area contributed by atoms with Crippen LogP contribution in [0.2, 0.25) is 0 Å². The summed E-state index contributed by atoms with van der Waals surface area (Å²) < 4.78 is 11.0. The third kappa shape index (κ3) is 5.01. The molecule has 2 amide bonds. The Hall–Kier alpha value is -2.69. The first kappa shape index (κ1) is 15.7. The molecule has 0 aromatic heterocycles. The second-order valence-electron chi connectivity index (χ2n) is 4.51. The molecule has 0 heterocycles. The van der Waals surface area contributed by atoms with E-state index in [0.717, 1.165) is 5.56 Å². The van der Waals surface area contributed by atoms with Gasteiger partial charge < -0.3 is 20.1 Å². The second kappa shape index (κ2) is 8.56. The highest BCUT2D eigenvalue weighted by Crippen LogP contribution is 2.25. The van der Waals surface area contributed by atoms with Gasteiger partial charge in [0, 0.05) is 6.54 Å². The number of ether oxygens (including phenoxy) is 2. The van der Waals surface area contributed by atoms with Crippen molar-refractivity contribution in [2.24, 2.45) is 0 Å². The topological polar surface area (TPSA) is 59.6 Å². The molecule has 0 bridgehead atoms. The Morgan fingerprint density at radius 2 is 1.55 bits per heavy atom. The molecule has 116 valence electrons. The van der Waals surface area contributed by atoms with E-state index in [4.69, 9.17) is 9.47 Å². The predicted octanol–water partition coefficient (Wildman–Crippen LogP) is 2.92. The number of amides is 2. The number of nitrogens with one attached hydrogen (secondary N) is 2. The maximum Gasteiger partial charge on any atom is 0.317 e. The van der Waals surface area contributed by atoms with E-state index >= 15 is 0 Å². The lowest BCUT2D eigenvalue weighted by molar-refractivity contribution is 0.219. The molecular formula is C17H20N2O3. The Labute approximate surface area is 130 Å². The van der Waals surface area contributed by atoms with E-state index in [0.29, 0.717) is 24.7 Å². The van der Waals surface area contributed by atoms with Gasteiger partial charge in [-0.3, -0.25) is 0 Å². The quantitative estimate of drug-likeness (QED) is 0.773. The van der Waals surface area contributed by atoms with Gasteiger partial charge in [-0.05, 0) is 24.6 Å². The molecule has 0 aliphatic rings. The summed E-state index contributed by atoms with van der Waals surface area (Å²) in [5.74, 6) is 1.27. The van der Waals surface area contributed by atoms with Crippen molar-refractivity contribution >= 4 is 6.03 Å². The van der Waals surface area contributed by atoms with Crippen LogP contribution in [-0.4, -0.2) is 19.4 Å². The lowest BCUT2D eigenvalue weighted by atomic mass is 10.2. The molecule has 0 aliphatic heterocycles. The summed E-state index contributed by atoms with van der Waals surface area (Å²) in [6.07, 6.45) is 0. The highest BCUT2D eigenvalue weighted by Gasteiger charge is 2.04. The van der Waals surface area contributed by atoms with Crippen molar-refractivity contribution in [1.29, 1.82) is 0 Å². The Bertz CT molecular complexity index is 587. The SMILES string of the molecule is CCOc1ccccc1OCNC(=O)NCc1ccccc1. The zero-order valence-electron chi connectivity index (χ0n) is 12.5. The summed E-state index contributed by atoms with van der Waals surface area (Å²) in [6.45, 7) is 3.02. The van der Waals surface area contributed by atoms with Crippen LogP contribution in [0.4, 0.5) is 4.79 Å². The number of urea groups is 1. The summed E-state index contributed by atoms with van der Waals surface area (Å²) in [4.78, 5) is 11.7. The highest BCUT2D eigenvalue weighted by atomic mass is 16.5. The van der Waals surface area contributed by atoms with Gasteiger partial charge in [0.05, 0.1) is 6.61 Å². The molecule has 5 nitrogen and oxygen atoms in total. The molecule has 5 heteroatoms. The average Bonchev–Trinajstić information content (AvgIpc) is 2.56. The molecule has 0 saturated carbocycles. The summed E-state index contributed by atoms with van der Waals surface area (Å²) in [5, 5.41) is 5.41. The zero-order chi connectivity index (χ0) is 15.6. The smallest absolute Gasteiger partial charge is 0.317 e. The van der Waals surface area contributed by atoms with Crippen LogP contribution >= 0.6 is 0 Å². The Kier molecular flexibility index (Phi) is 6.11. The van der Waals surface area contributed by atoms with Crippen LogP contribution in [-0.2, 0) is 6.54 Å². The van der Waals surface area contributed by atoms with Crippen molar-refractivity contribution in [2.45, 2.75) is 13.5 Å². The van der Waals surface area contributed by atoms with Crippen molar-refractivity contribution < 1.29 is 14.3 Å². The summed E-state index contributed by atoms with van der Waals surface area (Å²) in [5.41, 5.74) is 1.04. The van der Waals surface area contributed by atoms with Crippen molar-refractivity contribution in [1.82, 2.24) is 10.6 Å². The number of hydrogen-bond acceptors (Lipinski definition) is 3. The van der Waals surface area contributed by atoms with E-state index < -0.39 is 0 Å². The molecule has 2 N–H and O–H groups in total. The number of carbonyl (C=O) groups excluding carboxylic acids is 1. The minimum atomic E-state index is -0.280. The van der Waals surface area contributed by atoms with Crippen LogP contribution < -0.4 is 20.1 Å². The molecule has 0 fully saturated rings. The fraction of sp³-hybridized carbons (Fsp3) is 0.235. The van der Waals surface area contributed by atoms with Gasteiger partial charge in [-0.15, -0.1) is 0 Å². The van der Waals surface area contributed by atoms with Gasteiger partial charge in [-0.25, -0.2) is 4.79 Å². The Balaban J connectivity index is 1.73. The molecule has 22 heavy (non-hydrogen) atoms. The molecule has 0 spiro atoms. The van der Waals surface area contributed by atoms with E-state index in [2.05, 4.69) is 10.6 Å². The molecule has 0 radical (unpaired) electrons. The first-order valence-electron chi connectivity index (χ1n) is 7.20. The van der Waals surface area contributed by atoms with Gasteiger partial charge in [-0.2, -0.15) is 0 Å². The van der Waals surface area contributed by atoms with E-state index in [1.807, 2.05) is 55.5 Å². The van der Waals surface area contributed by atoms with Gasteiger partial charge >= 0.3 is 6.03 Å². The van der Waals surface area contributed by atoms with E-state index in [-0.39, 0.29) is 12.8 Å². The normalized spacial score (nSPS) is 9.86. The van der Waals surface area contributed by atoms with Crippen molar-refractivity contribution in [3.63, 3.8) is 0 Å². The molecule has 2 aromatic rings. The van der Waals surface area contributed by atoms with Gasteiger partial charge in [0.1, 0.15) is 0 Å². The average molecular weight is 300 g/mol. The highest BCUT2D eigenvalue weighted by molar-refractivity contribution is 5.73. The molecule has 0 saturated heterocycles. The van der Waals surface area contributed by atoms with E-state index in [1.165, 1.54) is 0 Å². The number of hydrogen-bond donors (Lipinski definition) is 2. The molecule has 2 rings (SSSR count). The summed E-state index contributed by atoms with van der Waals surface area (Å²) in [6, 6.07) is 16.8. The first-order valence-corrected chi connectivity index (χ1v) is 7.20. The summed E-state index contributed by atoms with van der Waals surface area (Å²) >= 11 is 0. The minimum absolute atomic E-state index is 0.0741.